The molecule has 0 bridgehead atoms. The van der Waals surface area contributed by atoms with Crippen LogP contribution < -0.4 is 18.9 Å². The van der Waals surface area contributed by atoms with Crippen LogP contribution in [0.25, 0.3) is 10.6 Å². The van der Waals surface area contributed by atoms with Crippen molar-refractivity contribution < 1.29 is 18.9 Å². The van der Waals surface area contributed by atoms with Crippen molar-refractivity contribution in [3.05, 3.63) is 30.2 Å². The zero-order valence-electron chi connectivity index (χ0n) is 6.70. The van der Waals surface area contributed by atoms with E-state index in [4.69, 9.17) is 0 Å². The quantitative estimate of drug-likeness (QED) is 0.359. The van der Waals surface area contributed by atoms with Crippen molar-refractivity contribution in [1.29, 1.82) is 0 Å². The average Bonchev–Trinajstić information content (AvgIpc) is 2.34. The third kappa shape index (κ3) is 1.52. The minimum absolute atomic E-state index is 0. The smallest absolute Gasteiger partial charge is 0.462 e. The monoisotopic (exact) mass is 155 g/mol. The van der Waals surface area contributed by atoms with Gasteiger partial charge in [0.15, 0.2) is 0 Å². The van der Waals surface area contributed by atoms with Gasteiger partial charge in [-0.2, -0.15) is 0 Å². The van der Waals surface area contributed by atoms with Crippen molar-refractivity contribution in [2.45, 2.75) is 0 Å². The summed E-state index contributed by atoms with van der Waals surface area (Å²) in [7, 11) is 3.22. The van der Waals surface area contributed by atoms with Gasteiger partial charge in [-0.15, -0.1) is 22.8 Å². The molecular formula is C8H7LiNP. The van der Waals surface area contributed by atoms with Crippen LogP contribution in [0.3, 0.4) is 0 Å². The van der Waals surface area contributed by atoms with Crippen molar-refractivity contribution in [2.24, 2.45) is 7.05 Å². The molecule has 0 saturated heterocycles. The van der Waals surface area contributed by atoms with E-state index in [1.54, 1.807) is 0 Å². The minimum atomic E-state index is 0. The van der Waals surface area contributed by atoms with Gasteiger partial charge < -0.3 is 4.57 Å². The van der Waals surface area contributed by atoms with Gasteiger partial charge in [0.2, 0.25) is 0 Å². The summed E-state index contributed by atoms with van der Waals surface area (Å²) in [5.74, 6) is 3.19. The first kappa shape index (κ1) is 8.88. The Morgan fingerprint density at radius 1 is 1.36 bits per heavy atom. The van der Waals surface area contributed by atoms with Crippen molar-refractivity contribution in [2.75, 3.05) is 0 Å². The summed E-state index contributed by atoms with van der Waals surface area (Å²) in [5.41, 5.74) is 1.28. The molecule has 2 rings (SSSR count). The second-order valence-electron chi connectivity index (χ2n) is 2.26. The van der Waals surface area contributed by atoms with E-state index >= 15 is 0 Å². The number of fused-ring (bicyclic) bond motifs is 1. The van der Waals surface area contributed by atoms with Crippen LogP contribution in [-0.4, -0.2) is 4.57 Å². The molecule has 1 heterocycles. The number of aromatic nitrogens is 1. The fourth-order valence-electron chi connectivity index (χ4n) is 1.03. The summed E-state index contributed by atoms with van der Waals surface area (Å²) in [4.78, 5) is 0. The molecular weight excluding hydrogens is 148 g/mol. The van der Waals surface area contributed by atoms with Gasteiger partial charge in [-0.1, -0.05) is 18.1 Å². The van der Waals surface area contributed by atoms with E-state index in [9.17, 15) is 0 Å². The molecule has 0 aliphatic carbocycles. The normalized spacial score (nSPS) is 10.3. The van der Waals surface area contributed by atoms with Crippen molar-refractivity contribution in [1.82, 2.24) is 4.57 Å². The number of para-hydroxylation sites is 1. The zero-order chi connectivity index (χ0) is 6.97. The maximum atomic E-state index is 3.19. The first-order valence-electron chi connectivity index (χ1n) is 3.17. The van der Waals surface area contributed by atoms with Crippen molar-refractivity contribution in [3.8, 4) is 0 Å². The number of aryl methyl sites for hydroxylation is 1. The van der Waals surface area contributed by atoms with Crippen molar-refractivity contribution >= 4 is 18.8 Å². The summed E-state index contributed by atoms with van der Waals surface area (Å²) in [5, 5.41) is 1.35. The van der Waals surface area contributed by atoms with Gasteiger partial charge in [-0.05, 0) is 7.05 Å². The minimum Gasteiger partial charge on any atom is -0.462 e. The molecule has 50 valence electrons. The molecule has 1 aromatic heterocycles. The maximum absolute atomic E-state index is 3.19. The van der Waals surface area contributed by atoms with E-state index in [0.717, 1.165) is 0 Å². The third-order valence-electron chi connectivity index (χ3n) is 1.56. The summed E-state index contributed by atoms with van der Waals surface area (Å²) < 4.78 is 2.04. The van der Waals surface area contributed by atoms with Crippen LogP contribution in [0, 0.1) is 5.93 Å². The second-order valence-corrected chi connectivity index (χ2v) is 3.16. The molecule has 0 spiro atoms. The Morgan fingerprint density at radius 3 is 2.82 bits per heavy atom. The Balaban J connectivity index is 0.000000605. The molecule has 11 heavy (non-hydrogen) atoms. The van der Waals surface area contributed by atoms with Gasteiger partial charge in [0.05, 0.1) is 0 Å². The van der Waals surface area contributed by atoms with E-state index in [1.165, 1.54) is 18.8 Å². The van der Waals surface area contributed by atoms with Gasteiger partial charge in [0, 0.05) is 0 Å². The molecule has 0 amide bonds. The number of nitrogens with zero attached hydrogens (tertiary/aromatic N) is 1. The van der Waals surface area contributed by atoms with Crippen LogP contribution in [0.2, 0.25) is 0 Å². The molecule has 1 nitrogen and oxygen atoms in total. The van der Waals surface area contributed by atoms with Gasteiger partial charge in [0.25, 0.3) is 0 Å². The van der Waals surface area contributed by atoms with E-state index < -0.39 is 0 Å². The third-order valence-corrected chi connectivity index (χ3v) is 2.58. The summed E-state index contributed by atoms with van der Waals surface area (Å²) in [6, 6.07) is 8.36. The molecule has 0 atom stereocenters. The summed E-state index contributed by atoms with van der Waals surface area (Å²) >= 11 is 0. The average molecular weight is 155 g/mol. The van der Waals surface area contributed by atoms with E-state index in [-0.39, 0.29) is 18.9 Å². The van der Waals surface area contributed by atoms with Crippen LogP contribution in [-0.2, 0) is 7.05 Å². The fraction of sp³-hybridized carbons (Fsp3) is 0.125. The van der Waals surface area contributed by atoms with Gasteiger partial charge in [-0.3, -0.25) is 0 Å². The zero-order valence-corrected chi connectivity index (χ0v) is 7.60. The van der Waals surface area contributed by atoms with Crippen LogP contribution in [0.5, 0.6) is 0 Å². The molecule has 2 aromatic rings. The number of rotatable bonds is 0. The first-order valence-corrected chi connectivity index (χ1v) is 4.06. The van der Waals surface area contributed by atoms with E-state index in [2.05, 4.69) is 30.2 Å². The van der Waals surface area contributed by atoms with Gasteiger partial charge in [-0.25, -0.2) is 8.19 Å². The Bertz CT molecular complexity index is 356. The summed E-state index contributed by atoms with van der Waals surface area (Å²) in [6.07, 6.45) is 0. The van der Waals surface area contributed by atoms with E-state index in [0.29, 0.717) is 0 Å². The van der Waals surface area contributed by atoms with Crippen LogP contribution in [0.1, 0.15) is 0 Å². The molecule has 0 aliphatic rings. The molecule has 1 aromatic carbocycles. The van der Waals surface area contributed by atoms with Gasteiger partial charge in [0.1, 0.15) is 0 Å². The van der Waals surface area contributed by atoms with E-state index in [1.807, 2.05) is 11.6 Å². The number of hydrogen-bond donors (Lipinski definition) is 0. The predicted octanol–water partition coefficient (Wildman–Crippen LogP) is -0.437. The molecule has 0 saturated carbocycles. The number of benzene rings is 1. The van der Waals surface area contributed by atoms with Crippen molar-refractivity contribution in [3.63, 3.8) is 0 Å². The molecule has 0 unspecified atom stereocenters. The van der Waals surface area contributed by atoms with Crippen LogP contribution >= 0.6 is 8.19 Å². The Kier molecular flexibility index (Phi) is 2.79. The molecule has 0 N–H and O–H groups in total. The summed E-state index contributed by atoms with van der Waals surface area (Å²) in [6.45, 7) is 0. The maximum Gasteiger partial charge on any atom is 1.00 e. The Labute approximate surface area is 79.7 Å². The molecule has 3 heteroatoms. The first-order chi connectivity index (χ1) is 4.88. The Hall–Kier alpha value is -0.213. The molecule has 0 aliphatic heterocycles. The van der Waals surface area contributed by atoms with Crippen LogP contribution in [0.15, 0.2) is 24.3 Å². The topological polar surface area (TPSA) is 4.93 Å². The largest absolute Gasteiger partial charge is 1.00 e. The molecule has 0 fully saturated rings. The molecule has 0 radical (unpaired) electrons. The SMILES string of the molecule is Cn1[c-]pc2ccccc21.[Li+]. The second kappa shape index (κ2) is 3.46. The van der Waals surface area contributed by atoms with Crippen LogP contribution in [0.4, 0.5) is 0 Å². The predicted molar refractivity (Wildman–Crippen MR) is 44.3 cm³/mol. The Morgan fingerprint density at radius 2 is 2.09 bits per heavy atom. The number of hydrogen-bond acceptors (Lipinski definition) is 0. The van der Waals surface area contributed by atoms with Gasteiger partial charge >= 0.3 is 18.9 Å². The standard InChI is InChI=1S/C8H7NP.Li/c1-9-6-10-8-5-3-2-4-7(8)9;/h2-5H,1H3;/q-1;+1. The fourth-order valence-corrected chi connectivity index (χ4v) is 1.89.